The molecule has 1 N–H and O–H groups in total. The largest absolute Gasteiger partial charge is 0.410 e. The predicted molar refractivity (Wildman–Crippen MR) is 47.1 cm³/mol. The van der Waals surface area contributed by atoms with Crippen molar-refractivity contribution in [2.45, 2.75) is 37.8 Å². The van der Waals surface area contributed by atoms with Crippen LogP contribution in [0.5, 0.6) is 0 Å². The van der Waals surface area contributed by atoms with Gasteiger partial charge in [-0.05, 0) is 20.8 Å². The van der Waals surface area contributed by atoms with E-state index in [1.165, 1.54) is 20.8 Å². The van der Waals surface area contributed by atoms with Crippen LogP contribution in [0.1, 0.15) is 20.8 Å². The zero-order valence-electron chi connectivity index (χ0n) is 8.50. The molecule has 0 aliphatic rings. The maximum absolute atomic E-state index is 12.2. The van der Waals surface area contributed by atoms with E-state index in [-0.39, 0.29) is 0 Å². The van der Waals surface area contributed by atoms with E-state index in [9.17, 15) is 21.6 Å². The summed E-state index contributed by atoms with van der Waals surface area (Å²) in [5.74, 6) is 0. The number of hydrogen-bond donors (Lipinski definition) is 1. The molecule has 0 heterocycles. The molecular weight excluding hydrogens is 237 g/mol. The molecule has 8 heteroatoms. The number of halogens is 3. The van der Waals surface area contributed by atoms with Gasteiger partial charge >= 0.3 is 6.18 Å². The van der Waals surface area contributed by atoms with Crippen molar-refractivity contribution in [3.8, 4) is 0 Å². The number of ether oxygens (including phenoxy) is 1. The SMILES string of the molecule is CC(C)(C)OCC(C(F)(F)F)S(=O)(=O)O. The Morgan fingerprint density at radius 3 is 1.87 bits per heavy atom. The van der Waals surface area contributed by atoms with Gasteiger partial charge in [0.15, 0.2) is 0 Å². The minimum absolute atomic E-state index is 0.909. The van der Waals surface area contributed by atoms with Crippen molar-refractivity contribution in [2.24, 2.45) is 0 Å². The van der Waals surface area contributed by atoms with Crippen molar-refractivity contribution in [1.29, 1.82) is 0 Å². The highest BCUT2D eigenvalue weighted by atomic mass is 32.2. The van der Waals surface area contributed by atoms with Crippen molar-refractivity contribution in [3.05, 3.63) is 0 Å². The molecule has 0 aliphatic carbocycles. The average Bonchev–Trinajstić information content (AvgIpc) is 1.75. The lowest BCUT2D eigenvalue weighted by molar-refractivity contribution is -0.150. The van der Waals surface area contributed by atoms with Crippen molar-refractivity contribution in [3.63, 3.8) is 0 Å². The smallest absolute Gasteiger partial charge is 0.374 e. The molecule has 0 bridgehead atoms. The molecule has 1 unspecified atom stereocenters. The van der Waals surface area contributed by atoms with Crippen LogP contribution in [0.25, 0.3) is 0 Å². The normalized spacial score (nSPS) is 16.5. The summed E-state index contributed by atoms with van der Waals surface area (Å²) in [6.45, 7) is 3.31. The topological polar surface area (TPSA) is 63.6 Å². The Morgan fingerprint density at radius 2 is 1.67 bits per heavy atom. The van der Waals surface area contributed by atoms with Crippen molar-refractivity contribution in [2.75, 3.05) is 6.61 Å². The van der Waals surface area contributed by atoms with Crippen LogP contribution in [0.15, 0.2) is 0 Å². The fraction of sp³-hybridized carbons (Fsp3) is 1.00. The Kier molecular flexibility index (Phi) is 4.17. The summed E-state index contributed by atoms with van der Waals surface area (Å²) in [4.78, 5) is 0. The zero-order valence-corrected chi connectivity index (χ0v) is 9.32. The summed E-state index contributed by atoms with van der Waals surface area (Å²) >= 11 is 0. The summed E-state index contributed by atoms with van der Waals surface area (Å²) < 4.78 is 70.5. The molecule has 0 rings (SSSR count). The highest BCUT2D eigenvalue weighted by Crippen LogP contribution is 2.26. The lowest BCUT2D eigenvalue weighted by Gasteiger charge is -2.24. The minimum atomic E-state index is -5.20. The first kappa shape index (κ1) is 14.7. The van der Waals surface area contributed by atoms with Crippen LogP contribution >= 0.6 is 0 Å². The lowest BCUT2D eigenvalue weighted by Crippen LogP contribution is -2.42. The van der Waals surface area contributed by atoms with Gasteiger partial charge in [0, 0.05) is 0 Å². The molecule has 0 saturated carbocycles. The van der Waals surface area contributed by atoms with Gasteiger partial charge in [-0.2, -0.15) is 21.6 Å². The summed E-state index contributed by atoms with van der Waals surface area (Å²) in [7, 11) is -5.20. The fourth-order valence-corrected chi connectivity index (χ4v) is 1.25. The monoisotopic (exact) mass is 250 g/mol. The Morgan fingerprint density at radius 1 is 1.27 bits per heavy atom. The summed E-state index contributed by atoms with van der Waals surface area (Å²) in [5, 5.41) is -2.90. The Hall–Kier alpha value is -0.340. The minimum Gasteiger partial charge on any atom is -0.374 e. The van der Waals surface area contributed by atoms with Gasteiger partial charge in [0.2, 0.25) is 5.25 Å². The van der Waals surface area contributed by atoms with Crippen molar-refractivity contribution in [1.82, 2.24) is 0 Å². The van der Waals surface area contributed by atoms with Crippen LogP contribution in [0, 0.1) is 0 Å². The second kappa shape index (κ2) is 4.26. The lowest BCUT2D eigenvalue weighted by atomic mass is 10.2. The van der Waals surface area contributed by atoms with E-state index in [0.29, 0.717) is 0 Å². The first-order valence-corrected chi connectivity index (χ1v) is 5.51. The quantitative estimate of drug-likeness (QED) is 0.773. The molecular formula is C7H13F3O4S. The van der Waals surface area contributed by atoms with Gasteiger partial charge in [0.25, 0.3) is 10.1 Å². The Labute approximate surface area is 86.2 Å². The number of rotatable bonds is 3. The molecule has 0 radical (unpaired) electrons. The third-order valence-electron chi connectivity index (χ3n) is 1.39. The van der Waals surface area contributed by atoms with Gasteiger partial charge in [-0.3, -0.25) is 4.55 Å². The third kappa shape index (κ3) is 5.95. The molecule has 0 amide bonds. The van der Waals surface area contributed by atoms with Crippen molar-refractivity contribution >= 4 is 10.1 Å². The summed E-state index contributed by atoms with van der Waals surface area (Å²) in [5.41, 5.74) is -0.909. The van der Waals surface area contributed by atoms with Gasteiger partial charge in [-0.1, -0.05) is 0 Å². The van der Waals surface area contributed by atoms with Crippen LogP contribution in [-0.4, -0.2) is 36.6 Å². The predicted octanol–water partition coefficient (Wildman–Crippen LogP) is 1.62. The van der Waals surface area contributed by atoms with E-state index in [0.717, 1.165) is 0 Å². The van der Waals surface area contributed by atoms with Gasteiger partial charge in [0.1, 0.15) is 0 Å². The second-order valence-corrected chi connectivity index (χ2v) is 5.57. The Bertz CT molecular complexity index is 301. The molecule has 4 nitrogen and oxygen atoms in total. The van der Waals surface area contributed by atoms with E-state index in [1.54, 1.807) is 0 Å². The van der Waals surface area contributed by atoms with E-state index >= 15 is 0 Å². The molecule has 0 fully saturated rings. The summed E-state index contributed by atoms with van der Waals surface area (Å²) in [6, 6.07) is 0. The van der Waals surface area contributed by atoms with Crippen LogP contribution in [0.2, 0.25) is 0 Å². The average molecular weight is 250 g/mol. The van der Waals surface area contributed by atoms with E-state index in [1.807, 2.05) is 0 Å². The number of alkyl halides is 3. The third-order valence-corrected chi connectivity index (χ3v) is 2.51. The highest BCUT2D eigenvalue weighted by molar-refractivity contribution is 7.86. The molecule has 0 aromatic carbocycles. The standard InChI is InChI=1S/C7H13F3O4S/c1-6(2,3)14-4-5(7(8,9)10)15(11,12)13/h5H,4H2,1-3H3,(H,11,12,13). The number of hydrogen-bond acceptors (Lipinski definition) is 3. The van der Waals surface area contributed by atoms with Crippen LogP contribution in [0.3, 0.4) is 0 Å². The molecule has 0 aromatic heterocycles. The van der Waals surface area contributed by atoms with Gasteiger partial charge in [-0.25, -0.2) is 0 Å². The van der Waals surface area contributed by atoms with Crippen LogP contribution < -0.4 is 0 Å². The first-order valence-electron chi connectivity index (χ1n) is 4.01. The Balaban J connectivity index is 4.72. The maximum atomic E-state index is 12.2. The van der Waals surface area contributed by atoms with E-state index in [2.05, 4.69) is 4.74 Å². The van der Waals surface area contributed by atoms with Gasteiger partial charge in [-0.15, -0.1) is 0 Å². The van der Waals surface area contributed by atoms with E-state index < -0.39 is 33.8 Å². The molecule has 15 heavy (non-hydrogen) atoms. The van der Waals surface area contributed by atoms with Crippen molar-refractivity contribution < 1.29 is 30.9 Å². The zero-order chi connectivity index (χ0) is 12.5. The molecule has 0 spiro atoms. The van der Waals surface area contributed by atoms with Crippen LogP contribution in [0.4, 0.5) is 13.2 Å². The molecule has 0 aliphatic heterocycles. The van der Waals surface area contributed by atoms with Gasteiger partial charge < -0.3 is 4.74 Å². The molecule has 1 atom stereocenters. The van der Waals surface area contributed by atoms with Gasteiger partial charge in [0.05, 0.1) is 12.2 Å². The highest BCUT2D eigenvalue weighted by Gasteiger charge is 2.48. The van der Waals surface area contributed by atoms with Crippen LogP contribution in [-0.2, 0) is 14.9 Å². The molecule has 0 saturated heterocycles. The molecule has 0 aromatic rings. The summed E-state index contributed by atoms with van der Waals surface area (Å²) in [6.07, 6.45) is -5.04. The van der Waals surface area contributed by atoms with E-state index in [4.69, 9.17) is 4.55 Å². The second-order valence-electron chi connectivity index (χ2n) is 3.97. The fourth-order valence-electron chi connectivity index (χ4n) is 0.675. The first-order chi connectivity index (χ1) is 6.34. The molecule has 92 valence electrons. The maximum Gasteiger partial charge on any atom is 0.410 e.